The zero-order valence-corrected chi connectivity index (χ0v) is 11.0. The molecule has 96 valence electrons. The van der Waals surface area contributed by atoms with Crippen molar-refractivity contribution in [2.75, 3.05) is 18.0 Å². The number of nitrogens with zero attached hydrogens (tertiary/aromatic N) is 4. The van der Waals surface area contributed by atoms with Crippen LogP contribution in [0.2, 0.25) is 5.28 Å². The summed E-state index contributed by atoms with van der Waals surface area (Å²) in [6.45, 7) is 3.62. The van der Waals surface area contributed by atoms with Crippen molar-refractivity contribution in [3.8, 4) is 18.4 Å². The molecule has 18 heavy (non-hydrogen) atoms. The first kappa shape index (κ1) is 12.9. The third-order valence-electron chi connectivity index (χ3n) is 2.73. The van der Waals surface area contributed by atoms with E-state index in [2.05, 4.69) is 25.8 Å². The Bertz CT molecular complexity index is 454. The van der Waals surface area contributed by atoms with E-state index in [0.717, 1.165) is 25.9 Å². The largest absolute Gasteiger partial charge is 0.447 e. The number of aromatic nitrogens is 3. The molecule has 2 rings (SSSR count). The lowest BCUT2D eigenvalue weighted by atomic mass is 10.1. The van der Waals surface area contributed by atoms with Crippen molar-refractivity contribution in [3.05, 3.63) is 5.28 Å². The van der Waals surface area contributed by atoms with Gasteiger partial charge >= 0.3 is 6.01 Å². The Morgan fingerprint density at radius 1 is 1.28 bits per heavy atom. The Morgan fingerprint density at radius 3 is 2.67 bits per heavy atom. The van der Waals surface area contributed by atoms with Crippen LogP contribution in [-0.2, 0) is 0 Å². The monoisotopic (exact) mass is 266 g/mol. The van der Waals surface area contributed by atoms with E-state index >= 15 is 0 Å². The molecule has 1 aromatic heterocycles. The van der Waals surface area contributed by atoms with E-state index in [1.165, 1.54) is 6.42 Å². The minimum absolute atomic E-state index is 0.129. The molecule has 1 aliphatic heterocycles. The molecule has 0 saturated carbocycles. The lowest BCUT2D eigenvalue weighted by Gasteiger charge is -2.26. The SMILES string of the molecule is C#CC(C)Oc1nc(Cl)nc(N2CCCCC2)n1. The Hall–Kier alpha value is -1.54. The molecule has 1 atom stereocenters. The van der Waals surface area contributed by atoms with Crippen molar-refractivity contribution in [2.45, 2.75) is 32.3 Å². The molecular weight excluding hydrogens is 252 g/mol. The van der Waals surface area contributed by atoms with E-state index in [4.69, 9.17) is 22.8 Å². The summed E-state index contributed by atoms with van der Waals surface area (Å²) in [7, 11) is 0. The van der Waals surface area contributed by atoms with Crippen molar-refractivity contribution in [3.63, 3.8) is 0 Å². The summed E-state index contributed by atoms with van der Waals surface area (Å²) in [5.41, 5.74) is 0. The molecule has 1 saturated heterocycles. The number of terminal acetylenes is 1. The molecule has 1 unspecified atom stereocenters. The fraction of sp³-hybridized carbons (Fsp3) is 0.583. The summed E-state index contributed by atoms with van der Waals surface area (Å²) in [6.07, 6.45) is 8.38. The first-order chi connectivity index (χ1) is 8.69. The van der Waals surface area contributed by atoms with Crippen LogP contribution in [0.5, 0.6) is 6.01 Å². The predicted molar refractivity (Wildman–Crippen MR) is 69.8 cm³/mol. The number of rotatable bonds is 3. The van der Waals surface area contributed by atoms with Crippen molar-refractivity contribution in [1.82, 2.24) is 15.0 Å². The van der Waals surface area contributed by atoms with Crippen molar-refractivity contribution in [2.24, 2.45) is 0 Å². The van der Waals surface area contributed by atoms with Gasteiger partial charge in [-0.2, -0.15) is 15.0 Å². The van der Waals surface area contributed by atoms with E-state index in [-0.39, 0.29) is 11.3 Å². The average molecular weight is 267 g/mol. The van der Waals surface area contributed by atoms with Gasteiger partial charge in [-0.1, -0.05) is 5.92 Å². The smallest absolute Gasteiger partial charge is 0.323 e. The topological polar surface area (TPSA) is 51.1 Å². The molecule has 1 aromatic rings. The molecule has 6 heteroatoms. The van der Waals surface area contributed by atoms with Gasteiger partial charge in [0.1, 0.15) is 0 Å². The van der Waals surface area contributed by atoms with Crippen molar-refractivity contribution >= 4 is 17.5 Å². The fourth-order valence-corrected chi connectivity index (χ4v) is 1.95. The maximum Gasteiger partial charge on any atom is 0.323 e. The van der Waals surface area contributed by atoms with Crippen LogP contribution >= 0.6 is 11.6 Å². The van der Waals surface area contributed by atoms with Crippen LogP contribution in [0.25, 0.3) is 0 Å². The van der Waals surface area contributed by atoms with Crippen molar-refractivity contribution in [1.29, 1.82) is 0 Å². The van der Waals surface area contributed by atoms with E-state index in [0.29, 0.717) is 5.95 Å². The number of halogens is 1. The van der Waals surface area contributed by atoms with Gasteiger partial charge in [0, 0.05) is 13.1 Å². The van der Waals surface area contributed by atoms with Gasteiger partial charge in [-0.3, -0.25) is 0 Å². The standard InChI is InChI=1S/C12H15ClN4O/c1-3-9(2)18-12-15-10(13)14-11(16-12)17-7-5-4-6-8-17/h1,9H,4-8H2,2H3. The van der Waals surface area contributed by atoms with Crippen LogP contribution in [0, 0.1) is 12.3 Å². The molecule has 0 N–H and O–H groups in total. The van der Waals surface area contributed by atoms with Crippen LogP contribution in [0.15, 0.2) is 0 Å². The van der Waals surface area contributed by atoms with E-state index in [1.807, 2.05) is 0 Å². The minimum atomic E-state index is -0.391. The van der Waals surface area contributed by atoms with Crippen molar-refractivity contribution < 1.29 is 4.74 Å². The Kier molecular flexibility index (Phi) is 4.21. The average Bonchev–Trinajstić information content (AvgIpc) is 2.39. The van der Waals surface area contributed by atoms with Gasteiger partial charge in [0.15, 0.2) is 6.10 Å². The number of anilines is 1. The van der Waals surface area contributed by atoms with E-state index in [1.54, 1.807) is 6.92 Å². The number of hydrogen-bond acceptors (Lipinski definition) is 5. The molecule has 0 bridgehead atoms. The molecule has 0 radical (unpaired) electrons. The molecule has 1 fully saturated rings. The van der Waals surface area contributed by atoms with Gasteiger partial charge in [-0.05, 0) is 37.8 Å². The molecular formula is C12H15ClN4O. The van der Waals surface area contributed by atoms with Gasteiger partial charge in [0.2, 0.25) is 11.2 Å². The first-order valence-corrected chi connectivity index (χ1v) is 6.36. The van der Waals surface area contributed by atoms with Crippen LogP contribution < -0.4 is 9.64 Å². The zero-order chi connectivity index (χ0) is 13.0. The third-order valence-corrected chi connectivity index (χ3v) is 2.90. The summed E-state index contributed by atoms with van der Waals surface area (Å²) in [5, 5.41) is 0.129. The second-order valence-corrected chi connectivity index (χ2v) is 4.50. The highest BCUT2D eigenvalue weighted by Crippen LogP contribution is 2.19. The van der Waals surface area contributed by atoms with Gasteiger partial charge in [0.05, 0.1) is 0 Å². The molecule has 0 amide bonds. The normalized spacial score (nSPS) is 17.1. The highest BCUT2D eigenvalue weighted by molar-refractivity contribution is 6.28. The minimum Gasteiger partial charge on any atom is -0.447 e. The fourth-order valence-electron chi connectivity index (χ4n) is 1.80. The van der Waals surface area contributed by atoms with Crippen LogP contribution in [0.1, 0.15) is 26.2 Å². The number of ether oxygens (including phenoxy) is 1. The van der Waals surface area contributed by atoms with Gasteiger partial charge in [-0.15, -0.1) is 6.42 Å². The predicted octanol–water partition coefficient (Wildman–Crippen LogP) is 1.92. The summed E-state index contributed by atoms with van der Waals surface area (Å²) in [5.74, 6) is 3.02. The summed E-state index contributed by atoms with van der Waals surface area (Å²) in [4.78, 5) is 14.4. The van der Waals surface area contributed by atoms with Crippen LogP contribution in [-0.4, -0.2) is 34.1 Å². The summed E-state index contributed by atoms with van der Waals surface area (Å²) in [6, 6.07) is 0.182. The van der Waals surface area contributed by atoms with Gasteiger partial charge < -0.3 is 9.64 Å². The number of hydrogen-bond donors (Lipinski definition) is 0. The lowest BCUT2D eigenvalue weighted by Crippen LogP contribution is -2.31. The van der Waals surface area contributed by atoms with Crippen LogP contribution in [0.4, 0.5) is 5.95 Å². The van der Waals surface area contributed by atoms with Gasteiger partial charge in [0.25, 0.3) is 0 Å². The Labute approximate surface area is 112 Å². The highest BCUT2D eigenvalue weighted by Gasteiger charge is 2.16. The van der Waals surface area contributed by atoms with E-state index < -0.39 is 6.10 Å². The maximum atomic E-state index is 5.88. The lowest BCUT2D eigenvalue weighted by molar-refractivity contribution is 0.255. The highest BCUT2D eigenvalue weighted by atomic mass is 35.5. The summed E-state index contributed by atoms with van der Waals surface area (Å²) >= 11 is 5.88. The second kappa shape index (κ2) is 5.87. The Balaban J connectivity index is 2.17. The van der Waals surface area contributed by atoms with Crippen LogP contribution in [0.3, 0.4) is 0 Å². The molecule has 0 aromatic carbocycles. The quantitative estimate of drug-likeness (QED) is 0.783. The Morgan fingerprint density at radius 2 is 2.00 bits per heavy atom. The zero-order valence-electron chi connectivity index (χ0n) is 10.3. The molecule has 5 nitrogen and oxygen atoms in total. The third kappa shape index (κ3) is 3.23. The van der Waals surface area contributed by atoms with Gasteiger partial charge in [-0.25, -0.2) is 0 Å². The maximum absolute atomic E-state index is 5.88. The molecule has 0 spiro atoms. The second-order valence-electron chi connectivity index (χ2n) is 4.16. The van der Waals surface area contributed by atoms with E-state index in [9.17, 15) is 0 Å². The molecule has 1 aliphatic rings. The number of piperidine rings is 1. The summed E-state index contributed by atoms with van der Waals surface area (Å²) < 4.78 is 5.37. The first-order valence-electron chi connectivity index (χ1n) is 5.98. The molecule has 0 aliphatic carbocycles. The molecule has 2 heterocycles.